The van der Waals surface area contributed by atoms with Crippen LogP contribution in [0.5, 0.6) is 5.88 Å². The monoisotopic (exact) mass is 390 g/mol. The Hall–Kier alpha value is -2.78. The average Bonchev–Trinajstić information content (AvgIpc) is 2.56. The molecule has 2 aromatic rings. The number of halogens is 6. The van der Waals surface area contributed by atoms with Gasteiger partial charge in [0.1, 0.15) is 6.10 Å². The van der Waals surface area contributed by atoms with E-state index >= 15 is 0 Å². The van der Waals surface area contributed by atoms with Gasteiger partial charge >= 0.3 is 12.4 Å². The highest BCUT2D eigenvalue weighted by atomic mass is 19.4. The van der Waals surface area contributed by atoms with E-state index in [0.29, 0.717) is 18.0 Å². The van der Waals surface area contributed by atoms with Crippen LogP contribution in [0, 0.1) is 0 Å². The zero-order valence-electron chi connectivity index (χ0n) is 13.5. The average molecular weight is 390 g/mol. The van der Waals surface area contributed by atoms with Crippen LogP contribution >= 0.6 is 0 Å². The minimum absolute atomic E-state index is 0.0140. The molecule has 144 valence electrons. The number of likely N-dealkylation sites (tertiary alicyclic amines) is 1. The maximum atomic E-state index is 12.9. The fourth-order valence-corrected chi connectivity index (χ4v) is 2.53. The van der Waals surface area contributed by atoms with E-state index in [1.165, 1.54) is 6.20 Å². The van der Waals surface area contributed by atoms with E-state index in [1.807, 2.05) is 0 Å². The van der Waals surface area contributed by atoms with Crippen LogP contribution in [0.2, 0.25) is 0 Å². The predicted molar refractivity (Wildman–Crippen MR) is 81.0 cm³/mol. The Kier molecular flexibility index (Phi) is 4.75. The van der Waals surface area contributed by atoms with Gasteiger partial charge in [0.15, 0.2) is 0 Å². The number of aromatic nitrogens is 1. The lowest BCUT2D eigenvalue weighted by molar-refractivity contribution is -0.143. The van der Waals surface area contributed by atoms with Crippen molar-refractivity contribution in [3.63, 3.8) is 0 Å². The van der Waals surface area contributed by atoms with Crippen LogP contribution in [-0.2, 0) is 12.4 Å². The number of rotatable bonds is 3. The summed E-state index contributed by atoms with van der Waals surface area (Å²) in [6.45, 7) is 0.0695. The molecule has 3 rings (SSSR count). The molecule has 0 unspecified atom stereocenters. The normalized spacial score (nSPS) is 15.4. The molecule has 0 spiro atoms. The van der Waals surface area contributed by atoms with Crippen LogP contribution in [0.3, 0.4) is 0 Å². The van der Waals surface area contributed by atoms with Crippen LogP contribution in [0.4, 0.5) is 26.3 Å². The fourth-order valence-electron chi connectivity index (χ4n) is 2.53. The van der Waals surface area contributed by atoms with Crippen LogP contribution in [0.1, 0.15) is 21.5 Å². The van der Waals surface area contributed by atoms with Crippen molar-refractivity contribution in [2.75, 3.05) is 13.1 Å². The fraction of sp³-hybridized carbons (Fsp3) is 0.294. The smallest absolute Gasteiger partial charge is 0.416 e. The standard InChI is InChI=1S/C17H12F6N2O2/c18-16(19,20)11-5-10(6-12(7-11)17(21,22)23)15(26)25-8-13(9-25)27-14-3-1-2-4-24-14/h1-7,13H,8-9H2. The third-order valence-electron chi connectivity index (χ3n) is 3.90. The third-order valence-corrected chi connectivity index (χ3v) is 3.90. The van der Waals surface area contributed by atoms with E-state index in [4.69, 9.17) is 4.74 Å². The molecule has 27 heavy (non-hydrogen) atoms. The molecule has 2 heterocycles. The number of ether oxygens (including phenoxy) is 1. The van der Waals surface area contributed by atoms with Gasteiger partial charge in [0, 0.05) is 17.8 Å². The number of hydrogen-bond acceptors (Lipinski definition) is 3. The summed E-state index contributed by atoms with van der Waals surface area (Å²) < 4.78 is 82.7. The van der Waals surface area contributed by atoms with Crippen molar-refractivity contribution in [3.8, 4) is 5.88 Å². The number of pyridine rings is 1. The molecule has 1 aromatic heterocycles. The molecule has 1 fully saturated rings. The maximum absolute atomic E-state index is 12.9. The summed E-state index contributed by atoms with van der Waals surface area (Å²) in [5.74, 6) is -0.611. The van der Waals surface area contributed by atoms with Gasteiger partial charge in [-0.15, -0.1) is 0 Å². The van der Waals surface area contributed by atoms with Crippen LogP contribution in [-0.4, -0.2) is 35.0 Å². The molecule has 0 radical (unpaired) electrons. The topological polar surface area (TPSA) is 42.4 Å². The Balaban J connectivity index is 1.75. The van der Waals surface area contributed by atoms with E-state index in [-0.39, 0.29) is 19.2 Å². The van der Waals surface area contributed by atoms with Crippen molar-refractivity contribution in [2.24, 2.45) is 0 Å². The number of nitrogens with zero attached hydrogens (tertiary/aromatic N) is 2. The summed E-state index contributed by atoms with van der Waals surface area (Å²) in [6, 6.07) is 5.78. The molecular weight excluding hydrogens is 378 g/mol. The van der Waals surface area contributed by atoms with Crippen LogP contribution in [0.15, 0.2) is 42.6 Å². The molecule has 0 atom stereocenters. The van der Waals surface area contributed by atoms with Crippen molar-refractivity contribution < 1.29 is 35.9 Å². The first-order chi connectivity index (χ1) is 12.5. The summed E-state index contributed by atoms with van der Waals surface area (Å²) in [7, 11) is 0. The molecule has 1 aliphatic heterocycles. The molecular formula is C17H12F6N2O2. The molecule has 0 N–H and O–H groups in total. The number of hydrogen-bond donors (Lipinski definition) is 0. The molecule has 1 aliphatic rings. The highest BCUT2D eigenvalue weighted by molar-refractivity contribution is 5.95. The Morgan fingerprint density at radius 3 is 2.07 bits per heavy atom. The second-order valence-electron chi connectivity index (χ2n) is 5.91. The zero-order chi connectivity index (χ0) is 19.8. The largest absolute Gasteiger partial charge is 0.471 e. The molecule has 1 aromatic carbocycles. The molecule has 1 saturated heterocycles. The lowest BCUT2D eigenvalue weighted by Gasteiger charge is -2.38. The first kappa shape index (κ1) is 19.0. The van der Waals surface area contributed by atoms with Gasteiger partial charge in [-0.1, -0.05) is 6.07 Å². The second-order valence-corrected chi connectivity index (χ2v) is 5.91. The molecule has 1 amide bonds. The van der Waals surface area contributed by atoms with Gasteiger partial charge in [0.2, 0.25) is 5.88 Å². The number of carbonyl (C=O) groups excluding carboxylic acids is 1. The molecule has 0 bridgehead atoms. The van der Waals surface area contributed by atoms with Crippen molar-refractivity contribution >= 4 is 5.91 Å². The van der Waals surface area contributed by atoms with E-state index < -0.39 is 41.1 Å². The third kappa shape index (κ3) is 4.32. The highest BCUT2D eigenvalue weighted by Gasteiger charge is 2.39. The van der Waals surface area contributed by atoms with Gasteiger partial charge in [0.25, 0.3) is 5.91 Å². The first-order valence-corrected chi connectivity index (χ1v) is 7.70. The van der Waals surface area contributed by atoms with Gasteiger partial charge < -0.3 is 9.64 Å². The SMILES string of the molecule is O=C(c1cc(C(F)(F)F)cc(C(F)(F)F)c1)N1CC(Oc2ccccn2)C1. The number of amides is 1. The maximum Gasteiger partial charge on any atom is 0.416 e. The molecule has 10 heteroatoms. The summed E-state index contributed by atoms with van der Waals surface area (Å²) in [4.78, 5) is 17.3. The van der Waals surface area contributed by atoms with E-state index in [9.17, 15) is 31.1 Å². The Labute approximate surface area is 149 Å². The number of carbonyl (C=O) groups is 1. The van der Waals surface area contributed by atoms with Gasteiger partial charge in [0.05, 0.1) is 24.2 Å². The lowest BCUT2D eigenvalue weighted by Crippen LogP contribution is -2.56. The second kappa shape index (κ2) is 6.75. The van der Waals surface area contributed by atoms with Crippen molar-refractivity contribution in [3.05, 3.63) is 59.3 Å². The van der Waals surface area contributed by atoms with Gasteiger partial charge in [-0.25, -0.2) is 4.98 Å². The molecule has 0 saturated carbocycles. The Morgan fingerprint density at radius 1 is 1.00 bits per heavy atom. The van der Waals surface area contributed by atoms with Crippen LogP contribution < -0.4 is 4.74 Å². The van der Waals surface area contributed by atoms with Crippen molar-refractivity contribution in [2.45, 2.75) is 18.5 Å². The quantitative estimate of drug-likeness (QED) is 0.744. The van der Waals surface area contributed by atoms with E-state index in [0.717, 1.165) is 4.90 Å². The van der Waals surface area contributed by atoms with E-state index in [2.05, 4.69) is 4.98 Å². The number of alkyl halides is 6. The van der Waals surface area contributed by atoms with Gasteiger partial charge in [-0.3, -0.25) is 4.79 Å². The Bertz CT molecular complexity index is 797. The van der Waals surface area contributed by atoms with Crippen LogP contribution in [0.25, 0.3) is 0 Å². The summed E-state index contributed by atoms with van der Waals surface area (Å²) in [6.07, 6.45) is -8.94. The summed E-state index contributed by atoms with van der Waals surface area (Å²) in [5, 5.41) is 0. The van der Waals surface area contributed by atoms with E-state index in [1.54, 1.807) is 18.2 Å². The Morgan fingerprint density at radius 2 is 1.59 bits per heavy atom. The van der Waals surface area contributed by atoms with Gasteiger partial charge in [-0.05, 0) is 24.3 Å². The first-order valence-electron chi connectivity index (χ1n) is 7.70. The molecule has 4 nitrogen and oxygen atoms in total. The number of benzene rings is 1. The highest BCUT2D eigenvalue weighted by Crippen LogP contribution is 2.36. The predicted octanol–water partition coefficient (Wildman–Crippen LogP) is 4.02. The van der Waals surface area contributed by atoms with Gasteiger partial charge in [-0.2, -0.15) is 26.3 Å². The molecule has 0 aliphatic carbocycles. The summed E-state index contributed by atoms with van der Waals surface area (Å²) in [5.41, 5.74) is -3.72. The minimum atomic E-state index is -5.00. The van der Waals surface area contributed by atoms with Crippen molar-refractivity contribution in [1.29, 1.82) is 0 Å². The van der Waals surface area contributed by atoms with Crippen molar-refractivity contribution in [1.82, 2.24) is 9.88 Å². The zero-order valence-corrected chi connectivity index (χ0v) is 13.5. The summed E-state index contributed by atoms with van der Waals surface area (Å²) >= 11 is 0. The lowest BCUT2D eigenvalue weighted by atomic mass is 10.0. The minimum Gasteiger partial charge on any atom is -0.471 e.